The summed E-state index contributed by atoms with van der Waals surface area (Å²) in [6.45, 7) is 24.6. The van der Waals surface area contributed by atoms with Gasteiger partial charge in [0.25, 0.3) is 34.7 Å². The van der Waals surface area contributed by atoms with E-state index in [4.69, 9.17) is 56.8 Å². The third-order valence-corrected chi connectivity index (χ3v) is 18.5. The van der Waals surface area contributed by atoms with Gasteiger partial charge in [0.15, 0.2) is 0 Å². The molecule has 714 valence electrons. The zero-order valence-corrected chi connectivity index (χ0v) is 79.8. The predicted molar refractivity (Wildman–Crippen MR) is 521 cm³/mol. The summed E-state index contributed by atoms with van der Waals surface area (Å²) in [4.78, 5) is 138. The number of carbonyl (C=O) groups is 12. The second kappa shape index (κ2) is 71.6. The highest BCUT2D eigenvalue weighted by Crippen LogP contribution is 2.26. The van der Waals surface area contributed by atoms with Gasteiger partial charge in [-0.2, -0.15) is 0 Å². The fourth-order valence-corrected chi connectivity index (χ4v) is 9.57. The Balaban J connectivity index is 0.000000800. The van der Waals surface area contributed by atoms with Crippen LogP contribution in [0.5, 0.6) is 34.5 Å². The monoisotopic (exact) mass is 1830 g/mol. The van der Waals surface area contributed by atoms with Gasteiger partial charge in [0.05, 0.1) is 85.4 Å². The lowest BCUT2D eigenvalue weighted by atomic mass is 10.1. The van der Waals surface area contributed by atoms with Gasteiger partial charge in [0.1, 0.15) is 34.5 Å². The molecule has 0 saturated carbocycles. The molecule has 0 aliphatic carbocycles. The molecule has 0 aliphatic heterocycles. The first kappa shape index (κ1) is 117. The van der Waals surface area contributed by atoms with Crippen molar-refractivity contribution in [1.29, 1.82) is 0 Å². The molecule has 1 N–H and O–H groups in total. The number of aliphatic hydroxyl groups is 1. The number of carbonyl (C=O) groups excluding carboxylic acids is 12. The van der Waals surface area contributed by atoms with Gasteiger partial charge in [0, 0.05) is 11.6 Å². The van der Waals surface area contributed by atoms with Crippen molar-refractivity contribution in [3.63, 3.8) is 0 Å². The Kier molecular flexibility index (Phi) is 62.9. The van der Waals surface area contributed by atoms with Gasteiger partial charge in [-0.25, -0.2) is 28.8 Å². The molecule has 25 heteroatoms. The second-order valence-corrected chi connectivity index (χ2v) is 29.0. The summed E-state index contributed by atoms with van der Waals surface area (Å²) in [7, 11) is 7.92. The average molecular weight is 1830 g/mol. The molecule has 0 spiro atoms. The summed E-state index contributed by atoms with van der Waals surface area (Å²) in [5.74, 6) is -4.56. The van der Waals surface area contributed by atoms with Gasteiger partial charge in [-0.05, 0) is 217 Å². The Morgan fingerprint density at radius 3 is 0.917 bits per heavy atom. The summed E-state index contributed by atoms with van der Waals surface area (Å²) in [6.07, 6.45) is 44.4. The molecule has 6 unspecified atom stereocenters. The van der Waals surface area contributed by atoms with E-state index in [0.29, 0.717) is 55.8 Å². The molecular weight excluding hydrogens is 1700 g/mol. The number of rotatable bonds is 48. The standard InChI is InChI=1S/C22H30O4.2C18H22O5.2C17H20O4.C16H18O3/c1-4-6-7-10-17-25-20-15-13-19(14-16-20)11-8-9-12-21(23)22(24)26-18(3)5-2;1-5-13(2)23-18(20)16(19)9-7-6-8-14-10-11-15(21-3)12-17(14)22-4;1-4-13(2)23-18(21)17(20)8-6-5-7-14-11-16(22-3)10-9-15(14)12-19;1-4-13(2)21-17(19)16(18)11-6-5-8-14-9-7-10-15(12-14)20-3;1-4-13(2)21-17(19)16(18)8-6-5-7-14-9-11-15(20-3)12-10-14;1-3-13(2)19-16(18)15(17)12-8-7-11-14-9-5-4-6-10-14/h8-9,11-16,18H,4-7,10,17H2,1-3H3;6-13H,5H2,1-4H3;5-11,13,19H,4,12H2,1-3H3;2*5-13H,4H2,1-3H3;4-13H,3H2,1-2H3/b11-8+,12-9+;8-6+,9-7+;7-5+,8-6+;8-5+,11-6+;7-5+,8-6+;11-7+,12-8+. The SMILES string of the molecule is CCC(C)OC(=O)C(=O)/C=C/C=C/c1cc(OC)ccc1CO.CCC(C)OC(=O)C(=O)/C=C/C=C/c1ccc(OC)cc1.CCC(C)OC(=O)C(=O)/C=C/C=C/c1ccc(OC)cc1OC.CCC(C)OC(=O)C(=O)/C=C/C=C/c1cccc(OC)c1.CCC(C)OC(=O)C(=O)/C=C/C=C/c1ccccc1.CCCCCCOc1ccc(/C=C/C=C/C(=O)C(=O)OC(C)CC)cc1. The van der Waals surface area contributed by atoms with Gasteiger partial charge >= 0.3 is 35.8 Å². The number of allylic oxidation sites excluding steroid dienone is 12. The second-order valence-electron chi connectivity index (χ2n) is 29.0. The maximum atomic E-state index is 11.6. The normalized spacial score (nSPS) is 12.5. The summed E-state index contributed by atoms with van der Waals surface area (Å²) >= 11 is 0. The number of methoxy groups -OCH3 is 5. The average Bonchev–Trinajstić information content (AvgIpc) is 0.868. The molecule has 6 aromatic carbocycles. The Labute approximate surface area is 784 Å². The third kappa shape index (κ3) is 54.1. The molecular formula is C108H132O25. The zero-order valence-electron chi connectivity index (χ0n) is 79.8. The van der Waals surface area contributed by atoms with Crippen LogP contribution in [0, 0.1) is 0 Å². The summed E-state index contributed by atoms with van der Waals surface area (Å²) in [5.41, 5.74) is 6.25. The van der Waals surface area contributed by atoms with Crippen LogP contribution < -0.4 is 28.4 Å². The predicted octanol–water partition coefficient (Wildman–Crippen LogP) is 20.5. The van der Waals surface area contributed by atoms with E-state index >= 15 is 0 Å². The molecule has 0 bridgehead atoms. The van der Waals surface area contributed by atoms with Crippen molar-refractivity contribution in [2.75, 3.05) is 42.2 Å². The minimum atomic E-state index is -0.860. The van der Waals surface area contributed by atoms with E-state index in [-0.39, 0.29) is 43.2 Å². The fraction of sp³-hybridized carbons (Fsp3) is 0.333. The Morgan fingerprint density at radius 1 is 0.278 bits per heavy atom. The van der Waals surface area contributed by atoms with Crippen LogP contribution in [0.15, 0.2) is 249 Å². The highest BCUT2D eigenvalue weighted by atomic mass is 16.6. The molecule has 0 aliphatic rings. The van der Waals surface area contributed by atoms with Crippen molar-refractivity contribution in [3.05, 3.63) is 288 Å². The minimum Gasteiger partial charge on any atom is -0.497 e. The van der Waals surface area contributed by atoms with Crippen molar-refractivity contribution in [2.45, 2.75) is 197 Å². The maximum absolute atomic E-state index is 11.6. The zero-order chi connectivity index (χ0) is 99.1. The van der Waals surface area contributed by atoms with Gasteiger partial charge in [-0.3, -0.25) is 28.8 Å². The molecule has 0 fully saturated rings. The van der Waals surface area contributed by atoms with Crippen molar-refractivity contribution in [1.82, 2.24) is 0 Å². The molecule has 0 saturated heterocycles. The lowest BCUT2D eigenvalue weighted by Gasteiger charge is -2.08. The molecule has 6 rings (SSSR count). The number of aliphatic hydroxyl groups excluding tert-OH is 1. The smallest absolute Gasteiger partial charge is 0.379 e. The van der Waals surface area contributed by atoms with Crippen LogP contribution in [0.1, 0.15) is 193 Å². The number of hydrogen-bond donors (Lipinski definition) is 1. The number of ketones is 6. The fourth-order valence-electron chi connectivity index (χ4n) is 9.57. The van der Waals surface area contributed by atoms with Crippen LogP contribution in [0.2, 0.25) is 0 Å². The lowest BCUT2D eigenvalue weighted by molar-refractivity contribution is -0.155. The Bertz CT molecular complexity index is 4930. The van der Waals surface area contributed by atoms with E-state index in [0.717, 1.165) is 75.3 Å². The highest BCUT2D eigenvalue weighted by Gasteiger charge is 2.20. The number of ether oxygens (including phenoxy) is 12. The van der Waals surface area contributed by atoms with E-state index in [1.807, 2.05) is 175 Å². The molecule has 0 amide bonds. The number of benzene rings is 6. The quantitative estimate of drug-likeness (QED) is 0.00926. The van der Waals surface area contributed by atoms with E-state index in [2.05, 4.69) is 6.92 Å². The Hall–Kier alpha value is -14.2. The van der Waals surface area contributed by atoms with Crippen LogP contribution in [-0.2, 0) is 92.6 Å². The van der Waals surface area contributed by atoms with Crippen LogP contribution in [0.4, 0.5) is 0 Å². The number of unbranched alkanes of at least 4 members (excludes halogenated alkanes) is 3. The van der Waals surface area contributed by atoms with Crippen LogP contribution >= 0.6 is 0 Å². The Morgan fingerprint density at radius 2 is 0.579 bits per heavy atom. The molecule has 0 aromatic heterocycles. The first-order chi connectivity index (χ1) is 63.8. The summed E-state index contributed by atoms with van der Waals surface area (Å²) in [6, 6.07) is 43.1. The van der Waals surface area contributed by atoms with Gasteiger partial charge in [-0.15, -0.1) is 0 Å². The van der Waals surface area contributed by atoms with E-state index in [1.54, 1.807) is 162 Å². The molecule has 0 heterocycles. The van der Waals surface area contributed by atoms with Crippen LogP contribution in [0.25, 0.3) is 36.5 Å². The first-order valence-corrected chi connectivity index (χ1v) is 44.0. The summed E-state index contributed by atoms with van der Waals surface area (Å²) in [5, 5.41) is 9.30. The van der Waals surface area contributed by atoms with Crippen LogP contribution in [0.3, 0.4) is 0 Å². The van der Waals surface area contributed by atoms with Gasteiger partial charge in [-0.1, -0.05) is 250 Å². The van der Waals surface area contributed by atoms with E-state index in [1.165, 1.54) is 80.0 Å². The number of esters is 6. The van der Waals surface area contributed by atoms with Crippen molar-refractivity contribution in [2.24, 2.45) is 0 Å². The lowest BCUT2D eigenvalue weighted by Crippen LogP contribution is -2.20. The molecule has 6 atom stereocenters. The largest absolute Gasteiger partial charge is 0.497 e. The molecule has 0 radical (unpaired) electrons. The molecule has 6 aromatic rings. The topological polar surface area (TPSA) is 336 Å². The molecule has 25 nitrogen and oxygen atoms in total. The minimum absolute atomic E-state index is 0.104. The maximum Gasteiger partial charge on any atom is 0.379 e. The number of hydrogen-bond acceptors (Lipinski definition) is 25. The van der Waals surface area contributed by atoms with E-state index < -0.39 is 70.5 Å². The summed E-state index contributed by atoms with van der Waals surface area (Å²) < 4.78 is 61.0. The molecule has 133 heavy (non-hydrogen) atoms. The van der Waals surface area contributed by atoms with Crippen molar-refractivity contribution in [3.8, 4) is 34.5 Å². The van der Waals surface area contributed by atoms with Gasteiger partial charge < -0.3 is 61.9 Å². The van der Waals surface area contributed by atoms with Crippen LogP contribution in [-0.4, -0.2) is 154 Å². The van der Waals surface area contributed by atoms with E-state index in [9.17, 15) is 62.6 Å². The van der Waals surface area contributed by atoms with Gasteiger partial charge in [0.2, 0.25) is 0 Å². The highest BCUT2D eigenvalue weighted by molar-refractivity contribution is 6.40. The first-order valence-electron chi connectivity index (χ1n) is 44.0. The van der Waals surface area contributed by atoms with Crippen molar-refractivity contribution < 1.29 is 119 Å². The third-order valence-electron chi connectivity index (χ3n) is 18.5. The van der Waals surface area contributed by atoms with Crippen molar-refractivity contribution >= 4 is 107 Å².